The van der Waals surface area contributed by atoms with Crippen LogP contribution in [0.2, 0.25) is 5.02 Å². The van der Waals surface area contributed by atoms with Crippen LogP contribution < -0.4 is 4.74 Å². The minimum atomic E-state index is -0.219. The van der Waals surface area contributed by atoms with Gasteiger partial charge in [0.15, 0.2) is 0 Å². The lowest BCUT2D eigenvalue weighted by Crippen LogP contribution is -2.12. The molecule has 0 saturated heterocycles. The zero-order valence-electron chi connectivity index (χ0n) is 12.9. The Morgan fingerprint density at radius 1 is 1.12 bits per heavy atom. The number of nitrogens with zero attached hydrogens (tertiary/aromatic N) is 3. The molecule has 1 unspecified atom stereocenters. The van der Waals surface area contributed by atoms with E-state index in [9.17, 15) is 0 Å². The standard InChI is InChI=1S/C18H14ClN3O2/c1-23-15-6-7-16-13(8-15)9-17(24-16)18(22-11-20-10-21-22)12-2-4-14(19)5-3-12/h2-11,18H,1H3. The van der Waals surface area contributed by atoms with E-state index in [4.69, 9.17) is 20.8 Å². The fraction of sp³-hybridized carbons (Fsp3) is 0.111. The van der Waals surface area contributed by atoms with E-state index in [1.165, 1.54) is 6.33 Å². The average molecular weight is 340 g/mol. The lowest BCUT2D eigenvalue weighted by molar-refractivity contribution is 0.415. The monoisotopic (exact) mass is 339 g/mol. The van der Waals surface area contributed by atoms with Crippen molar-refractivity contribution in [2.24, 2.45) is 0 Å². The van der Waals surface area contributed by atoms with Crippen molar-refractivity contribution in [3.8, 4) is 5.75 Å². The van der Waals surface area contributed by atoms with Gasteiger partial charge in [-0.15, -0.1) is 0 Å². The molecule has 0 radical (unpaired) electrons. The number of halogens is 1. The van der Waals surface area contributed by atoms with Crippen molar-refractivity contribution in [3.63, 3.8) is 0 Å². The molecule has 2 aromatic heterocycles. The van der Waals surface area contributed by atoms with Crippen LogP contribution in [0.3, 0.4) is 0 Å². The first-order valence-electron chi connectivity index (χ1n) is 7.41. The lowest BCUT2D eigenvalue weighted by Gasteiger charge is -2.15. The zero-order valence-corrected chi connectivity index (χ0v) is 13.6. The number of rotatable bonds is 4. The van der Waals surface area contributed by atoms with Crippen LogP contribution in [0.5, 0.6) is 5.75 Å². The van der Waals surface area contributed by atoms with Crippen molar-refractivity contribution < 1.29 is 9.15 Å². The van der Waals surface area contributed by atoms with Crippen LogP contribution in [0.15, 0.2) is 65.6 Å². The van der Waals surface area contributed by atoms with Crippen molar-refractivity contribution >= 4 is 22.6 Å². The van der Waals surface area contributed by atoms with Crippen LogP contribution in [0, 0.1) is 0 Å². The average Bonchev–Trinajstić information content (AvgIpc) is 3.26. The van der Waals surface area contributed by atoms with Crippen molar-refractivity contribution in [1.29, 1.82) is 0 Å². The number of hydrogen-bond acceptors (Lipinski definition) is 4. The van der Waals surface area contributed by atoms with Gasteiger partial charge in [0.2, 0.25) is 0 Å². The molecule has 0 aliphatic heterocycles. The summed E-state index contributed by atoms with van der Waals surface area (Å²) in [6, 6.07) is 15.1. The summed E-state index contributed by atoms with van der Waals surface area (Å²) < 4.78 is 13.1. The molecule has 6 heteroatoms. The highest BCUT2D eigenvalue weighted by atomic mass is 35.5. The SMILES string of the molecule is COc1ccc2oc(C(c3ccc(Cl)cc3)n3cncn3)cc2c1. The van der Waals surface area contributed by atoms with Gasteiger partial charge in [-0.25, -0.2) is 9.67 Å². The number of furan rings is 1. The molecule has 2 aromatic carbocycles. The molecule has 0 fully saturated rings. The molecule has 5 nitrogen and oxygen atoms in total. The van der Waals surface area contributed by atoms with Crippen LogP contribution >= 0.6 is 11.6 Å². The summed E-state index contributed by atoms with van der Waals surface area (Å²) in [5.41, 5.74) is 1.81. The summed E-state index contributed by atoms with van der Waals surface area (Å²) in [7, 11) is 1.65. The van der Waals surface area contributed by atoms with Crippen molar-refractivity contribution in [2.75, 3.05) is 7.11 Å². The number of ether oxygens (including phenoxy) is 1. The molecule has 0 aliphatic rings. The minimum Gasteiger partial charge on any atom is -0.497 e. The topological polar surface area (TPSA) is 53.1 Å². The van der Waals surface area contributed by atoms with E-state index in [0.29, 0.717) is 5.02 Å². The van der Waals surface area contributed by atoms with E-state index in [2.05, 4.69) is 10.1 Å². The molecular weight excluding hydrogens is 326 g/mol. The third-order valence-corrected chi connectivity index (χ3v) is 4.15. The van der Waals surface area contributed by atoms with Crippen LogP contribution in [0.25, 0.3) is 11.0 Å². The van der Waals surface area contributed by atoms with E-state index in [1.54, 1.807) is 18.1 Å². The molecule has 120 valence electrons. The fourth-order valence-corrected chi connectivity index (χ4v) is 2.87. The summed E-state index contributed by atoms with van der Waals surface area (Å²) >= 11 is 6.01. The van der Waals surface area contributed by atoms with Gasteiger partial charge in [-0.05, 0) is 42.0 Å². The molecule has 0 aliphatic carbocycles. The second-order valence-corrected chi connectivity index (χ2v) is 5.82. The third-order valence-electron chi connectivity index (χ3n) is 3.90. The summed E-state index contributed by atoms with van der Waals surface area (Å²) in [6.45, 7) is 0. The molecule has 0 saturated carbocycles. The van der Waals surface area contributed by atoms with Gasteiger partial charge < -0.3 is 9.15 Å². The summed E-state index contributed by atoms with van der Waals surface area (Å²) in [6.07, 6.45) is 3.18. The first-order chi connectivity index (χ1) is 11.7. The fourth-order valence-electron chi connectivity index (χ4n) is 2.75. The lowest BCUT2D eigenvalue weighted by atomic mass is 10.0. The first kappa shape index (κ1) is 14.8. The van der Waals surface area contributed by atoms with Crippen molar-refractivity contribution in [1.82, 2.24) is 14.8 Å². The normalized spacial score (nSPS) is 12.4. The number of aromatic nitrogens is 3. The highest BCUT2D eigenvalue weighted by molar-refractivity contribution is 6.30. The van der Waals surface area contributed by atoms with E-state index in [-0.39, 0.29) is 6.04 Å². The Morgan fingerprint density at radius 2 is 1.96 bits per heavy atom. The Bertz CT molecular complexity index is 962. The van der Waals surface area contributed by atoms with E-state index >= 15 is 0 Å². The molecule has 24 heavy (non-hydrogen) atoms. The van der Waals surface area contributed by atoms with Gasteiger partial charge in [-0.3, -0.25) is 0 Å². The number of fused-ring (bicyclic) bond motifs is 1. The summed E-state index contributed by atoms with van der Waals surface area (Å²) in [4.78, 5) is 4.06. The predicted molar refractivity (Wildman–Crippen MR) is 91.5 cm³/mol. The molecule has 1 atom stereocenters. The minimum absolute atomic E-state index is 0.219. The van der Waals surface area contributed by atoms with E-state index < -0.39 is 0 Å². The summed E-state index contributed by atoms with van der Waals surface area (Å²) in [5, 5.41) is 5.94. The molecule has 4 rings (SSSR count). The number of benzene rings is 2. The molecule has 0 bridgehead atoms. The molecule has 0 amide bonds. The maximum Gasteiger partial charge on any atom is 0.137 e. The van der Waals surface area contributed by atoms with Crippen LogP contribution in [0.1, 0.15) is 17.4 Å². The van der Waals surface area contributed by atoms with Crippen LogP contribution in [-0.4, -0.2) is 21.9 Å². The molecule has 2 heterocycles. The van der Waals surface area contributed by atoms with E-state index in [1.807, 2.05) is 48.5 Å². The molecule has 4 aromatic rings. The Kier molecular flexibility index (Phi) is 3.70. The van der Waals surface area contributed by atoms with Crippen LogP contribution in [-0.2, 0) is 0 Å². The first-order valence-corrected chi connectivity index (χ1v) is 7.79. The van der Waals surface area contributed by atoms with Gasteiger partial charge in [0.25, 0.3) is 0 Å². The number of hydrogen-bond donors (Lipinski definition) is 0. The Balaban J connectivity index is 1.85. The van der Waals surface area contributed by atoms with Gasteiger partial charge in [-0.2, -0.15) is 5.10 Å². The predicted octanol–water partition coefficient (Wildman–Crippen LogP) is 4.32. The highest BCUT2D eigenvalue weighted by Crippen LogP contribution is 2.32. The van der Waals surface area contributed by atoms with Gasteiger partial charge in [0.1, 0.15) is 35.8 Å². The smallest absolute Gasteiger partial charge is 0.137 e. The molecule has 0 N–H and O–H groups in total. The highest BCUT2D eigenvalue weighted by Gasteiger charge is 2.21. The van der Waals surface area contributed by atoms with Gasteiger partial charge in [0.05, 0.1) is 7.11 Å². The Hall–Kier alpha value is -2.79. The second-order valence-electron chi connectivity index (χ2n) is 5.38. The van der Waals surface area contributed by atoms with E-state index in [0.717, 1.165) is 28.0 Å². The maximum atomic E-state index is 6.06. The van der Waals surface area contributed by atoms with Gasteiger partial charge >= 0.3 is 0 Å². The number of methoxy groups -OCH3 is 1. The van der Waals surface area contributed by atoms with Crippen molar-refractivity contribution in [3.05, 3.63) is 77.5 Å². The quantitative estimate of drug-likeness (QED) is 0.555. The second kappa shape index (κ2) is 6.02. The van der Waals surface area contributed by atoms with Crippen LogP contribution in [0.4, 0.5) is 0 Å². The Labute approximate surface area is 143 Å². The molecular formula is C18H14ClN3O2. The zero-order chi connectivity index (χ0) is 16.5. The largest absolute Gasteiger partial charge is 0.497 e. The Morgan fingerprint density at radius 3 is 2.67 bits per heavy atom. The maximum absolute atomic E-state index is 6.06. The van der Waals surface area contributed by atoms with Gasteiger partial charge in [-0.1, -0.05) is 23.7 Å². The van der Waals surface area contributed by atoms with Crippen molar-refractivity contribution in [2.45, 2.75) is 6.04 Å². The summed E-state index contributed by atoms with van der Waals surface area (Å²) in [5.74, 6) is 1.56. The molecule has 0 spiro atoms. The third kappa shape index (κ3) is 2.63. The van der Waals surface area contributed by atoms with Gasteiger partial charge in [0, 0.05) is 10.4 Å².